The largest absolute Gasteiger partial charge is 0.468 e. The maximum atomic E-state index is 14.1. The van der Waals surface area contributed by atoms with Crippen LogP contribution in [0, 0.1) is 12.7 Å². The average Bonchev–Trinajstić information content (AvgIpc) is 3.33. The van der Waals surface area contributed by atoms with Gasteiger partial charge in [0.05, 0.1) is 12.0 Å². The van der Waals surface area contributed by atoms with Crippen molar-refractivity contribution in [3.63, 3.8) is 0 Å². The molecule has 0 saturated carbocycles. The van der Waals surface area contributed by atoms with Crippen LogP contribution in [0.5, 0.6) is 0 Å². The summed E-state index contributed by atoms with van der Waals surface area (Å²) in [6, 6.07) is 14.5. The highest BCUT2D eigenvalue weighted by molar-refractivity contribution is 7.93. The van der Waals surface area contributed by atoms with Gasteiger partial charge in [-0.3, -0.25) is 4.79 Å². The molecule has 2 aromatic heterocycles. The lowest BCUT2D eigenvalue weighted by Gasteiger charge is -2.08. The zero-order valence-electron chi connectivity index (χ0n) is 17.0. The summed E-state index contributed by atoms with van der Waals surface area (Å²) in [6.07, 6.45) is 0.296. The van der Waals surface area contributed by atoms with Gasteiger partial charge in [-0.1, -0.05) is 18.2 Å². The van der Waals surface area contributed by atoms with E-state index in [1.54, 1.807) is 52.4 Å². The van der Waals surface area contributed by atoms with E-state index in [1.165, 1.54) is 19.2 Å². The van der Waals surface area contributed by atoms with E-state index in [9.17, 15) is 17.6 Å². The summed E-state index contributed by atoms with van der Waals surface area (Å²) in [5.41, 5.74) is 2.88. The molecule has 0 N–H and O–H groups in total. The molecule has 0 radical (unpaired) electrons. The number of nitrogens with zero attached hydrogens (tertiary/aromatic N) is 1. The maximum absolute atomic E-state index is 14.1. The van der Waals surface area contributed by atoms with Crippen LogP contribution in [0.15, 0.2) is 69.1 Å². The minimum absolute atomic E-state index is 0.0106. The molecule has 0 aliphatic heterocycles. The van der Waals surface area contributed by atoms with Crippen molar-refractivity contribution in [2.75, 3.05) is 7.11 Å². The molecule has 8 heteroatoms. The van der Waals surface area contributed by atoms with Crippen molar-refractivity contribution in [1.29, 1.82) is 0 Å². The van der Waals surface area contributed by atoms with Gasteiger partial charge in [-0.15, -0.1) is 11.3 Å². The highest BCUT2D eigenvalue weighted by Gasteiger charge is 2.25. The number of benzene rings is 2. The molecule has 0 spiro atoms. The van der Waals surface area contributed by atoms with Crippen LogP contribution in [0.3, 0.4) is 0 Å². The van der Waals surface area contributed by atoms with Gasteiger partial charge in [0, 0.05) is 23.0 Å². The number of rotatable bonds is 6. The Hall–Kier alpha value is -2.97. The van der Waals surface area contributed by atoms with Gasteiger partial charge < -0.3 is 9.30 Å². The van der Waals surface area contributed by atoms with Crippen LogP contribution < -0.4 is 0 Å². The van der Waals surface area contributed by atoms with Gasteiger partial charge >= 0.3 is 5.97 Å². The molecule has 4 aromatic rings. The lowest BCUT2D eigenvalue weighted by Crippen LogP contribution is -2.12. The van der Waals surface area contributed by atoms with Crippen LogP contribution in [0.25, 0.3) is 10.9 Å². The van der Waals surface area contributed by atoms with Crippen LogP contribution in [-0.4, -0.2) is 26.1 Å². The third-order valence-electron chi connectivity index (χ3n) is 5.30. The van der Waals surface area contributed by atoms with E-state index < -0.39 is 21.6 Å². The fourth-order valence-corrected chi connectivity index (χ4v) is 6.55. The molecule has 0 amide bonds. The zero-order valence-corrected chi connectivity index (χ0v) is 18.6. The third kappa shape index (κ3) is 3.88. The van der Waals surface area contributed by atoms with Gasteiger partial charge in [0.25, 0.3) is 0 Å². The third-order valence-corrected chi connectivity index (χ3v) is 8.64. The Balaban J connectivity index is 1.83. The van der Waals surface area contributed by atoms with Crippen LogP contribution in [0.1, 0.15) is 16.8 Å². The Morgan fingerprint density at radius 2 is 1.87 bits per heavy atom. The second kappa shape index (κ2) is 8.28. The number of hydrogen-bond acceptors (Lipinski definition) is 5. The van der Waals surface area contributed by atoms with Gasteiger partial charge in [0.2, 0.25) is 9.84 Å². The molecule has 0 unspecified atom stereocenters. The van der Waals surface area contributed by atoms with Crippen molar-refractivity contribution in [3.8, 4) is 0 Å². The van der Waals surface area contributed by atoms with Crippen molar-refractivity contribution in [3.05, 3.63) is 82.6 Å². The van der Waals surface area contributed by atoms with E-state index in [0.29, 0.717) is 22.9 Å². The summed E-state index contributed by atoms with van der Waals surface area (Å²) in [5, 5.41) is 2.39. The molecule has 0 atom stereocenters. The Morgan fingerprint density at radius 3 is 2.58 bits per heavy atom. The first-order valence-corrected chi connectivity index (χ1v) is 11.9. The van der Waals surface area contributed by atoms with Crippen LogP contribution in [0.2, 0.25) is 0 Å². The van der Waals surface area contributed by atoms with Gasteiger partial charge in [-0.05, 0) is 59.8 Å². The Morgan fingerprint density at radius 1 is 1.13 bits per heavy atom. The molecule has 0 aliphatic carbocycles. The fourth-order valence-electron chi connectivity index (χ4n) is 3.73. The second-order valence-corrected chi connectivity index (χ2v) is 10.2. The molecular formula is C23H20FNO4S2. The molecule has 2 aromatic carbocycles. The van der Waals surface area contributed by atoms with Gasteiger partial charge in [0.1, 0.15) is 16.6 Å². The molecule has 4 rings (SSSR count). The highest BCUT2D eigenvalue weighted by atomic mass is 32.2. The lowest BCUT2D eigenvalue weighted by molar-refractivity contribution is -0.141. The van der Waals surface area contributed by atoms with Crippen LogP contribution in [-0.2, 0) is 32.3 Å². The van der Waals surface area contributed by atoms with E-state index in [1.807, 2.05) is 6.92 Å². The number of sulfone groups is 1. The van der Waals surface area contributed by atoms with Crippen LogP contribution in [0.4, 0.5) is 4.39 Å². The van der Waals surface area contributed by atoms with Crippen LogP contribution >= 0.6 is 11.3 Å². The molecule has 160 valence electrons. The number of carbonyl (C=O) groups is 1. The molecular weight excluding hydrogens is 437 g/mol. The number of esters is 1. The van der Waals surface area contributed by atoms with Gasteiger partial charge in [-0.2, -0.15) is 0 Å². The molecule has 5 nitrogen and oxygen atoms in total. The van der Waals surface area contributed by atoms with E-state index in [4.69, 9.17) is 4.74 Å². The number of halogens is 1. The average molecular weight is 458 g/mol. The number of ether oxygens (including phenoxy) is 1. The number of hydrogen-bond donors (Lipinski definition) is 0. The van der Waals surface area contributed by atoms with Crippen molar-refractivity contribution in [2.45, 2.75) is 29.0 Å². The first-order valence-electron chi connectivity index (χ1n) is 9.53. The maximum Gasteiger partial charge on any atom is 0.325 e. The van der Waals surface area contributed by atoms with Crippen molar-refractivity contribution in [2.24, 2.45) is 0 Å². The predicted molar refractivity (Wildman–Crippen MR) is 118 cm³/mol. The molecule has 0 aliphatic rings. The van der Waals surface area contributed by atoms with Crippen molar-refractivity contribution < 1.29 is 22.3 Å². The normalized spacial score (nSPS) is 11.7. The summed E-state index contributed by atoms with van der Waals surface area (Å²) < 4.78 is 47.3. The van der Waals surface area contributed by atoms with Gasteiger partial charge in [0.15, 0.2) is 0 Å². The molecule has 2 heterocycles. The van der Waals surface area contributed by atoms with Gasteiger partial charge in [-0.25, -0.2) is 12.8 Å². The number of aromatic nitrogens is 1. The SMILES string of the molecule is COC(=O)Cn1c(C)c(Cc2ccsc2S(=O)(=O)c2ccccc2)c2cc(F)ccc21. The standard InChI is InChI=1S/C23H20FNO4S2/c1-15-19(20-13-17(24)8-9-21(20)25(15)14-22(26)29-2)12-16-10-11-30-23(16)31(27,28)18-6-4-3-5-7-18/h3-11,13H,12,14H2,1-2H3. The lowest BCUT2D eigenvalue weighted by atomic mass is 10.0. The van der Waals surface area contributed by atoms with Crippen molar-refractivity contribution in [1.82, 2.24) is 4.57 Å². The van der Waals surface area contributed by atoms with E-state index >= 15 is 0 Å². The number of fused-ring (bicyclic) bond motifs is 1. The minimum atomic E-state index is -3.67. The summed E-state index contributed by atoms with van der Waals surface area (Å²) in [4.78, 5) is 12.1. The summed E-state index contributed by atoms with van der Waals surface area (Å²) >= 11 is 1.16. The summed E-state index contributed by atoms with van der Waals surface area (Å²) in [5.74, 6) is -0.815. The molecule has 0 bridgehead atoms. The summed E-state index contributed by atoms with van der Waals surface area (Å²) in [7, 11) is -2.36. The Labute approximate surface area is 183 Å². The van der Waals surface area contributed by atoms with E-state index in [-0.39, 0.29) is 15.6 Å². The van der Waals surface area contributed by atoms with Crippen molar-refractivity contribution >= 4 is 38.0 Å². The second-order valence-electron chi connectivity index (χ2n) is 7.11. The van der Waals surface area contributed by atoms with E-state index in [0.717, 1.165) is 22.6 Å². The Bertz CT molecular complexity index is 1370. The molecule has 0 fully saturated rings. The predicted octanol–water partition coefficient (Wildman–Crippen LogP) is 4.75. The Kier molecular flexibility index (Phi) is 5.68. The first kappa shape index (κ1) is 21.3. The molecule has 0 saturated heterocycles. The topological polar surface area (TPSA) is 65.4 Å². The minimum Gasteiger partial charge on any atom is -0.468 e. The number of methoxy groups -OCH3 is 1. The zero-order chi connectivity index (χ0) is 22.2. The fraction of sp³-hybridized carbons (Fsp3) is 0.174. The monoisotopic (exact) mass is 457 g/mol. The number of thiophene rings is 1. The number of carbonyl (C=O) groups excluding carboxylic acids is 1. The smallest absolute Gasteiger partial charge is 0.325 e. The van der Waals surface area contributed by atoms with E-state index in [2.05, 4.69) is 0 Å². The molecule has 31 heavy (non-hydrogen) atoms. The summed E-state index contributed by atoms with van der Waals surface area (Å²) in [6.45, 7) is 1.83. The highest BCUT2D eigenvalue weighted by Crippen LogP contribution is 2.34. The quantitative estimate of drug-likeness (QED) is 0.392. The first-order chi connectivity index (χ1) is 14.8.